The van der Waals surface area contributed by atoms with E-state index in [0.29, 0.717) is 11.3 Å². The van der Waals surface area contributed by atoms with Crippen molar-refractivity contribution in [1.82, 2.24) is 10.2 Å². The lowest BCUT2D eigenvalue weighted by Gasteiger charge is -2.38. The number of hydrogen-bond donors (Lipinski definition) is 2. The van der Waals surface area contributed by atoms with E-state index >= 15 is 0 Å². The average molecular weight is 421 g/mol. The molecule has 8 heteroatoms. The molecule has 1 aliphatic heterocycles. The summed E-state index contributed by atoms with van der Waals surface area (Å²) >= 11 is 0. The molecule has 1 aromatic rings. The molecule has 1 fully saturated rings. The van der Waals surface area contributed by atoms with Crippen LogP contribution in [-0.2, 0) is 14.3 Å². The normalized spacial score (nSPS) is 20.9. The Hall–Kier alpha value is -2.61. The summed E-state index contributed by atoms with van der Waals surface area (Å²) in [6, 6.07) is 6.82. The quantitative estimate of drug-likeness (QED) is 0.636. The number of nitrogens with one attached hydrogen (secondary N) is 1. The molecule has 0 aliphatic carbocycles. The third kappa shape index (κ3) is 6.45. The highest BCUT2D eigenvalue weighted by molar-refractivity contribution is 5.95. The lowest BCUT2D eigenvalue weighted by atomic mass is 9.97. The van der Waals surface area contributed by atoms with Crippen molar-refractivity contribution in [3.05, 3.63) is 29.8 Å². The van der Waals surface area contributed by atoms with Crippen LogP contribution in [-0.4, -0.2) is 65.7 Å². The first-order valence-corrected chi connectivity index (χ1v) is 10.2. The third-order valence-corrected chi connectivity index (χ3v) is 5.38. The number of carbonyl (C=O) groups excluding carboxylic acids is 2. The van der Waals surface area contributed by atoms with Gasteiger partial charge >= 0.3 is 5.97 Å². The molecular weight excluding hydrogens is 388 g/mol. The number of likely N-dealkylation sites (tertiary alicyclic amines) is 1. The second-order valence-electron chi connectivity index (χ2n) is 8.26. The van der Waals surface area contributed by atoms with Crippen LogP contribution < -0.4 is 10.1 Å². The second kappa shape index (κ2) is 10.4. The maximum atomic E-state index is 12.6. The zero-order valence-corrected chi connectivity index (χ0v) is 18.1. The van der Waals surface area contributed by atoms with Crippen LogP contribution in [0.3, 0.4) is 0 Å². The molecule has 8 nitrogen and oxygen atoms in total. The molecule has 0 aromatic heterocycles. The van der Waals surface area contributed by atoms with Gasteiger partial charge < -0.3 is 24.8 Å². The number of carboxylic acid groups (broad SMARTS) is 1. The van der Waals surface area contributed by atoms with Crippen molar-refractivity contribution in [3.63, 3.8) is 0 Å². The fraction of sp³-hybridized carbons (Fsp3) is 0.591. The lowest BCUT2D eigenvalue weighted by Crippen LogP contribution is -2.50. The smallest absolute Gasteiger partial charge is 0.305 e. The number of amides is 2. The molecule has 2 rings (SSSR count). The molecule has 3 unspecified atom stereocenters. The highest BCUT2D eigenvalue weighted by Gasteiger charge is 2.30. The Morgan fingerprint density at radius 3 is 2.30 bits per heavy atom. The van der Waals surface area contributed by atoms with Crippen LogP contribution in [0.5, 0.6) is 5.75 Å². The van der Waals surface area contributed by atoms with Gasteiger partial charge in [-0.2, -0.15) is 0 Å². The van der Waals surface area contributed by atoms with E-state index in [0.717, 1.165) is 19.3 Å². The number of carboxylic acids is 1. The van der Waals surface area contributed by atoms with Crippen molar-refractivity contribution < 1.29 is 29.0 Å². The van der Waals surface area contributed by atoms with Gasteiger partial charge in [0.1, 0.15) is 5.75 Å². The average Bonchev–Trinajstić information content (AvgIpc) is 2.66. The Kier molecular flexibility index (Phi) is 8.23. The Labute approximate surface area is 177 Å². The number of piperidine rings is 1. The lowest BCUT2D eigenvalue weighted by molar-refractivity contribution is -0.140. The van der Waals surface area contributed by atoms with E-state index < -0.39 is 17.4 Å². The maximum absolute atomic E-state index is 12.6. The summed E-state index contributed by atoms with van der Waals surface area (Å²) < 4.78 is 10.7. The third-order valence-electron chi connectivity index (χ3n) is 5.38. The zero-order valence-electron chi connectivity index (χ0n) is 18.1. The largest absolute Gasteiger partial charge is 0.484 e. The van der Waals surface area contributed by atoms with Crippen molar-refractivity contribution in [2.45, 2.75) is 64.1 Å². The van der Waals surface area contributed by atoms with Gasteiger partial charge in [-0.3, -0.25) is 14.4 Å². The van der Waals surface area contributed by atoms with Gasteiger partial charge in [0.15, 0.2) is 6.61 Å². The number of carbonyl (C=O) groups is 3. The van der Waals surface area contributed by atoms with E-state index in [2.05, 4.69) is 19.2 Å². The molecule has 2 N–H and O–H groups in total. The van der Waals surface area contributed by atoms with E-state index in [9.17, 15) is 14.4 Å². The first-order chi connectivity index (χ1) is 14.1. The summed E-state index contributed by atoms with van der Waals surface area (Å²) in [5.74, 6) is -0.988. The number of methoxy groups -OCH3 is 1. The molecule has 30 heavy (non-hydrogen) atoms. The Balaban J connectivity index is 1.94. The van der Waals surface area contributed by atoms with Crippen LogP contribution in [0.15, 0.2) is 24.3 Å². The number of rotatable bonds is 9. The van der Waals surface area contributed by atoms with Gasteiger partial charge in [-0.25, -0.2) is 0 Å². The van der Waals surface area contributed by atoms with Crippen LogP contribution >= 0.6 is 0 Å². The van der Waals surface area contributed by atoms with E-state index in [4.69, 9.17) is 14.6 Å². The van der Waals surface area contributed by atoms with Crippen molar-refractivity contribution in [1.29, 1.82) is 0 Å². The second-order valence-corrected chi connectivity index (χ2v) is 8.26. The summed E-state index contributed by atoms with van der Waals surface area (Å²) in [6.45, 7) is 5.76. The topological polar surface area (TPSA) is 105 Å². The van der Waals surface area contributed by atoms with Crippen LogP contribution in [0.2, 0.25) is 0 Å². The van der Waals surface area contributed by atoms with E-state index in [1.165, 1.54) is 7.11 Å². The minimum atomic E-state index is -1.03. The summed E-state index contributed by atoms with van der Waals surface area (Å²) in [7, 11) is 1.45. The fourth-order valence-corrected chi connectivity index (χ4v) is 3.96. The van der Waals surface area contributed by atoms with E-state index in [1.54, 1.807) is 31.2 Å². The van der Waals surface area contributed by atoms with Gasteiger partial charge in [0.25, 0.3) is 11.8 Å². The van der Waals surface area contributed by atoms with E-state index in [-0.39, 0.29) is 37.6 Å². The molecule has 1 heterocycles. The van der Waals surface area contributed by atoms with Gasteiger partial charge in [0, 0.05) is 24.8 Å². The van der Waals surface area contributed by atoms with Gasteiger partial charge in [-0.15, -0.1) is 0 Å². The summed E-state index contributed by atoms with van der Waals surface area (Å²) in [5, 5.41) is 11.8. The number of hydrogen-bond acceptors (Lipinski definition) is 5. The molecule has 2 amide bonds. The molecule has 166 valence electrons. The molecule has 1 aromatic carbocycles. The highest BCUT2D eigenvalue weighted by atomic mass is 16.5. The Morgan fingerprint density at radius 2 is 1.77 bits per heavy atom. The molecule has 0 radical (unpaired) electrons. The SMILES string of the molecule is COCC(C)(CC(=O)O)NC(=O)c1ccc(OCC(=O)N2C(C)CCCC2C)cc1. The van der Waals surface area contributed by atoms with Crippen LogP contribution in [0.1, 0.15) is 56.8 Å². The zero-order chi connectivity index (χ0) is 22.3. The first kappa shape index (κ1) is 23.7. The predicted octanol–water partition coefficient (Wildman–Crippen LogP) is 2.46. The van der Waals surface area contributed by atoms with Crippen molar-refractivity contribution >= 4 is 17.8 Å². The number of nitrogens with zero attached hydrogens (tertiary/aromatic N) is 1. The van der Waals surface area contributed by atoms with Crippen molar-refractivity contribution in [2.24, 2.45) is 0 Å². The molecular formula is C22H32N2O6. The van der Waals surface area contributed by atoms with Crippen molar-refractivity contribution in [3.8, 4) is 5.75 Å². The first-order valence-electron chi connectivity index (χ1n) is 10.2. The van der Waals surface area contributed by atoms with Crippen LogP contribution in [0.25, 0.3) is 0 Å². The van der Waals surface area contributed by atoms with Gasteiger partial charge in [0.2, 0.25) is 0 Å². The molecule has 3 atom stereocenters. The molecule has 1 aliphatic rings. The Morgan fingerprint density at radius 1 is 1.17 bits per heavy atom. The predicted molar refractivity (Wildman–Crippen MR) is 112 cm³/mol. The highest BCUT2D eigenvalue weighted by Crippen LogP contribution is 2.23. The van der Waals surface area contributed by atoms with E-state index in [1.807, 2.05) is 4.90 Å². The van der Waals surface area contributed by atoms with Gasteiger partial charge in [-0.1, -0.05) is 0 Å². The Bertz CT molecular complexity index is 740. The number of aliphatic carboxylic acids is 1. The summed E-state index contributed by atoms with van der Waals surface area (Å²) in [4.78, 5) is 38.0. The minimum absolute atomic E-state index is 0.0412. The number of benzene rings is 1. The molecule has 0 spiro atoms. The summed E-state index contributed by atoms with van der Waals surface area (Å²) in [5.41, 5.74) is -0.666. The van der Waals surface area contributed by atoms with Crippen LogP contribution in [0, 0.1) is 0 Å². The van der Waals surface area contributed by atoms with Crippen molar-refractivity contribution in [2.75, 3.05) is 20.3 Å². The monoisotopic (exact) mass is 420 g/mol. The molecule has 0 saturated carbocycles. The summed E-state index contributed by atoms with van der Waals surface area (Å²) in [6.07, 6.45) is 2.88. The molecule has 0 bridgehead atoms. The van der Waals surface area contributed by atoms with Gasteiger partial charge in [-0.05, 0) is 64.3 Å². The maximum Gasteiger partial charge on any atom is 0.305 e. The molecule has 1 saturated heterocycles. The van der Waals surface area contributed by atoms with Crippen LogP contribution in [0.4, 0.5) is 0 Å². The minimum Gasteiger partial charge on any atom is -0.484 e. The number of ether oxygens (including phenoxy) is 2. The standard InChI is InChI=1S/C22H32N2O6/c1-15-6-5-7-16(2)24(15)19(25)13-30-18-10-8-17(9-11-18)21(28)23-22(3,14-29-4)12-20(26)27/h8-11,15-16H,5-7,12-14H2,1-4H3,(H,23,28)(H,26,27). The van der Waals surface area contributed by atoms with Gasteiger partial charge in [0.05, 0.1) is 18.6 Å². The fourth-order valence-electron chi connectivity index (χ4n) is 3.96.